The first-order valence-corrected chi connectivity index (χ1v) is 7.11. The summed E-state index contributed by atoms with van der Waals surface area (Å²) in [5.41, 5.74) is 1.06. The molecule has 0 bridgehead atoms. The lowest BCUT2D eigenvalue weighted by Gasteiger charge is -2.11. The van der Waals surface area contributed by atoms with Gasteiger partial charge in [0.1, 0.15) is 5.15 Å². The van der Waals surface area contributed by atoms with E-state index in [1.54, 1.807) is 30.6 Å². The molecule has 0 aliphatic rings. The summed E-state index contributed by atoms with van der Waals surface area (Å²) in [5.74, 6) is 0.767. The minimum atomic E-state index is 0. The molecule has 0 aromatic carbocycles. The van der Waals surface area contributed by atoms with Gasteiger partial charge in [0.2, 0.25) is 0 Å². The number of guanidine groups is 1. The van der Waals surface area contributed by atoms with E-state index in [1.807, 2.05) is 12.1 Å². The summed E-state index contributed by atoms with van der Waals surface area (Å²) in [6.45, 7) is 1.44. The molecule has 20 heavy (non-hydrogen) atoms. The summed E-state index contributed by atoms with van der Waals surface area (Å²) in [7, 11) is 1.75. The number of thiophene rings is 1. The summed E-state index contributed by atoms with van der Waals surface area (Å²) in [4.78, 5) is 9.48. The van der Waals surface area contributed by atoms with Crippen LogP contribution in [-0.4, -0.2) is 18.0 Å². The summed E-state index contributed by atoms with van der Waals surface area (Å²) >= 11 is 7.46. The first-order valence-electron chi connectivity index (χ1n) is 5.85. The van der Waals surface area contributed by atoms with Crippen molar-refractivity contribution in [3.05, 3.63) is 51.4 Å². The van der Waals surface area contributed by atoms with Crippen LogP contribution in [-0.2, 0) is 13.1 Å². The van der Waals surface area contributed by atoms with E-state index in [0.29, 0.717) is 11.7 Å². The minimum absolute atomic E-state index is 0. The average molecular weight is 423 g/mol. The normalized spacial score (nSPS) is 10.8. The molecule has 0 aliphatic carbocycles. The Labute approximate surface area is 144 Å². The number of pyridine rings is 1. The van der Waals surface area contributed by atoms with Gasteiger partial charge in [-0.05, 0) is 23.1 Å². The summed E-state index contributed by atoms with van der Waals surface area (Å²) in [5, 5.41) is 9.05. The molecule has 0 fully saturated rings. The molecule has 0 aliphatic heterocycles. The van der Waals surface area contributed by atoms with E-state index >= 15 is 0 Å². The van der Waals surface area contributed by atoms with Crippen molar-refractivity contribution in [2.75, 3.05) is 7.05 Å². The molecule has 2 heterocycles. The van der Waals surface area contributed by atoms with Gasteiger partial charge in [-0.2, -0.15) is 0 Å². The van der Waals surface area contributed by atoms with E-state index in [9.17, 15) is 0 Å². The van der Waals surface area contributed by atoms with Crippen LogP contribution in [0.4, 0.5) is 0 Å². The third-order valence-corrected chi connectivity index (χ3v) is 3.58. The highest BCUT2D eigenvalue weighted by Gasteiger charge is 2.00. The van der Waals surface area contributed by atoms with Gasteiger partial charge in [-0.15, -0.1) is 35.3 Å². The number of nitrogens with zero attached hydrogens (tertiary/aromatic N) is 2. The van der Waals surface area contributed by atoms with Crippen LogP contribution in [0.5, 0.6) is 0 Å². The van der Waals surface area contributed by atoms with Gasteiger partial charge in [-0.1, -0.05) is 23.7 Å². The van der Waals surface area contributed by atoms with Crippen molar-refractivity contribution in [3.63, 3.8) is 0 Å². The molecule has 0 saturated carbocycles. The summed E-state index contributed by atoms with van der Waals surface area (Å²) in [6.07, 6.45) is 1.75. The maximum Gasteiger partial charge on any atom is 0.191 e. The predicted molar refractivity (Wildman–Crippen MR) is 96.0 cm³/mol. The van der Waals surface area contributed by atoms with Gasteiger partial charge in [-0.25, -0.2) is 4.98 Å². The molecular formula is C13H16ClIN4S. The molecule has 2 rings (SSSR count). The number of rotatable bonds is 4. The second-order valence-electron chi connectivity index (χ2n) is 3.85. The fraction of sp³-hybridized carbons (Fsp3) is 0.231. The van der Waals surface area contributed by atoms with Crippen LogP contribution in [0.15, 0.2) is 40.8 Å². The van der Waals surface area contributed by atoms with E-state index < -0.39 is 0 Å². The molecule has 0 saturated heterocycles. The Hall–Kier alpha value is -0.860. The molecule has 2 aromatic heterocycles. The van der Waals surface area contributed by atoms with E-state index in [1.165, 1.54) is 4.88 Å². The second kappa shape index (κ2) is 9.15. The van der Waals surface area contributed by atoms with E-state index in [2.05, 4.69) is 32.1 Å². The lowest BCUT2D eigenvalue weighted by Crippen LogP contribution is -2.36. The molecule has 0 radical (unpaired) electrons. The standard InChI is InChI=1S/C13H15ClN4S.HI/c1-15-13(18-9-11-3-2-6-19-11)17-8-10-4-5-12(14)16-7-10;/h2-7H,8-9H2,1H3,(H2,15,17,18);1H. The Morgan fingerprint density at radius 3 is 2.70 bits per heavy atom. The maximum atomic E-state index is 5.74. The van der Waals surface area contributed by atoms with E-state index in [4.69, 9.17) is 11.6 Å². The molecular weight excluding hydrogens is 407 g/mol. The van der Waals surface area contributed by atoms with Gasteiger partial charge in [0.25, 0.3) is 0 Å². The van der Waals surface area contributed by atoms with Gasteiger partial charge >= 0.3 is 0 Å². The predicted octanol–water partition coefficient (Wildman–Crippen LogP) is 3.28. The lowest BCUT2D eigenvalue weighted by molar-refractivity contribution is 0.813. The van der Waals surface area contributed by atoms with Crippen LogP contribution in [0.3, 0.4) is 0 Å². The Bertz CT molecular complexity index is 528. The van der Waals surface area contributed by atoms with Gasteiger partial charge in [0.15, 0.2) is 5.96 Å². The van der Waals surface area contributed by atoms with Crippen LogP contribution >= 0.6 is 46.9 Å². The fourth-order valence-corrected chi connectivity index (χ4v) is 2.26. The SMILES string of the molecule is CN=C(NCc1ccc(Cl)nc1)NCc1cccs1.I. The van der Waals surface area contributed by atoms with Gasteiger partial charge in [0.05, 0.1) is 6.54 Å². The van der Waals surface area contributed by atoms with E-state index in [-0.39, 0.29) is 24.0 Å². The van der Waals surface area contributed by atoms with Gasteiger partial charge in [0, 0.05) is 24.7 Å². The molecule has 0 spiro atoms. The third kappa shape index (κ3) is 5.64. The zero-order valence-electron chi connectivity index (χ0n) is 11.0. The van der Waals surface area contributed by atoms with Crippen LogP contribution in [0.2, 0.25) is 5.15 Å². The fourth-order valence-electron chi connectivity index (χ4n) is 1.50. The number of aliphatic imine (C=N–C) groups is 1. The Balaban J connectivity index is 0.00000200. The number of nitrogens with one attached hydrogen (secondary N) is 2. The second-order valence-corrected chi connectivity index (χ2v) is 5.27. The van der Waals surface area contributed by atoms with Crippen molar-refractivity contribution in [3.8, 4) is 0 Å². The highest BCUT2D eigenvalue weighted by Crippen LogP contribution is 2.07. The quantitative estimate of drug-likeness (QED) is 0.344. The van der Waals surface area contributed by atoms with Crippen molar-refractivity contribution >= 4 is 52.9 Å². The Morgan fingerprint density at radius 1 is 1.30 bits per heavy atom. The van der Waals surface area contributed by atoms with Crippen molar-refractivity contribution in [2.24, 2.45) is 4.99 Å². The van der Waals surface area contributed by atoms with Crippen LogP contribution in [0, 0.1) is 0 Å². The molecule has 0 unspecified atom stereocenters. The maximum absolute atomic E-state index is 5.74. The minimum Gasteiger partial charge on any atom is -0.352 e. The average Bonchev–Trinajstić information content (AvgIpc) is 2.94. The van der Waals surface area contributed by atoms with Crippen LogP contribution in [0.25, 0.3) is 0 Å². The first-order chi connectivity index (χ1) is 9.28. The number of hydrogen-bond acceptors (Lipinski definition) is 3. The van der Waals surface area contributed by atoms with Gasteiger partial charge < -0.3 is 10.6 Å². The smallest absolute Gasteiger partial charge is 0.191 e. The highest BCUT2D eigenvalue weighted by molar-refractivity contribution is 14.0. The molecule has 0 amide bonds. The zero-order valence-corrected chi connectivity index (χ0v) is 14.9. The van der Waals surface area contributed by atoms with Gasteiger partial charge in [-0.3, -0.25) is 4.99 Å². The molecule has 4 nitrogen and oxygen atoms in total. The lowest BCUT2D eigenvalue weighted by atomic mass is 10.3. The number of aromatic nitrogens is 1. The largest absolute Gasteiger partial charge is 0.352 e. The van der Waals surface area contributed by atoms with Crippen molar-refractivity contribution in [1.82, 2.24) is 15.6 Å². The number of halogens is 2. The number of hydrogen-bond donors (Lipinski definition) is 2. The molecule has 0 atom stereocenters. The highest BCUT2D eigenvalue weighted by atomic mass is 127. The first kappa shape index (κ1) is 17.2. The monoisotopic (exact) mass is 422 g/mol. The molecule has 2 N–H and O–H groups in total. The van der Waals surface area contributed by atoms with Crippen LogP contribution < -0.4 is 10.6 Å². The topological polar surface area (TPSA) is 49.3 Å². The van der Waals surface area contributed by atoms with Crippen LogP contribution in [0.1, 0.15) is 10.4 Å². The van der Waals surface area contributed by atoms with Crippen molar-refractivity contribution in [2.45, 2.75) is 13.1 Å². The molecule has 108 valence electrons. The molecule has 2 aromatic rings. The Kier molecular flexibility index (Phi) is 7.86. The summed E-state index contributed by atoms with van der Waals surface area (Å²) < 4.78 is 0. The molecule has 7 heteroatoms. The summed E-state index contributed by atoms with van der Waals surface area (Å²) in [6, 6.07) is 7.85. The third-order valence-electron chi connectivity index (χ3n) is 2.48. The zero-order chi connectivity index (χ0) is 13.5. The Morgan fingerprint density at radius 2 is 2.10 bits per heavy atom. The van der Waals surface area contributed by atoms with E-state index in [0.717, 1.165) is 18.1 Å². The van der Waals surface area contributed by atoms with Crippen molar-refractivity contribution < 1.29 is 0 Å². The van der Waals surface area contributed by atoms with Crippen molar-refractivity contribution in [1.29, 1.82) is 0 Å².